The minimum Gasteiger partial charge on any atom is -0.352 e. The number of aryl methyl sites for hydroxylation is 1. The Morgan fingerprint density at radius 2 is 1.93 bits per heavy atom. The first-order valence-electron chi connectivity index (χ1n) is 11.1. The van der Waals surface area contributed by atoms with Crippen LogP contribution in [-0.4, -0.2) is 57.4 Å². The number of nitrogens with zero attached hydrogens (tertiary/aromatic N) is 1. The molecular formula is C22H36N3O3S+. The number of quaternary nitrogens is 1. The Hall–Kier alpha value is -1.44. The molecule has 1 amide bonds. The third-order valence-electron chi connectivity index (χ3n) is 6.43. The van der Waals surface area contributed by atoms with Crippen LogP contribution in [0.2, 0.25) is 0 Å². The Bertz CT molecular complexity index is 804. The molecule has 2 aliphatic heterocycles. The Kier molecular flexibility index (Phi) is 7.71. The van der Waals surface area contributed by atoms with E-state index in [1.807, 2.05) is 0 Å². The summed E-state index contributed by atoms with van der Waals surface area (Å²) in [7, 11) is -3.54. The molecule has 1 unspecified atom stereocenters. The lowest BCUT2D eigenvalue weighted by molar-refractivity contribution is -0.928. The van der Waals surface area contributed by atoms with Gasteiger partial charge in [-0.1, -0.05) is 12.5 Å². The van der Waals surface area contributed by atoms with E-state index in [0.717, 1.165) is 32.2 Å². The molecule has 2 heterocycles. The fraction of sp³-hybridized carbons (Fsp3) is 0.682. The van der Waals surface area contributed by atoms with Gasteiger partial charge in [-0.25, -0.2) is 8.42 Å². The lowest BCUT2D eigenvalue weighted by Gasteiger charge is -2.30. The van der Waals surface area contributed by atoms with Gasteiger partial charge in [0.25, 0.3) is 5.91 Å². The number of benzene rings is 1. The molecule has 0 aliphatic carbocycles. The van der Waals surface area contributed by atoms with E-state index >= 15 is 0 Å². The fourth-order valence-electron chi connectivity index (χ4n) is 4.51. The summed E-state index contributed by atoms with van der Waals surface area (Å²) in [6.07, 6.45) is 7.73. The lowest BCUT2D eigenvalue weighted by Crippen LogP contribution is -3.16. The van der Waals surface area contributed by atoms with Crippen LogP contribution in [0.3, 0.4) is 0 Å². The molecular weight excluding hydrogens is 386 g/mol. The number of carbonyl (C=O) groups excluding carboxylic acids is 1. The van der Waals surface area contributed by atoms with E-state index in [1.54, 1.807) is 34.3 Å². The Balaban J connectivity index is 1.59. The molecule has 1 aromatic carbocycles. The lowest BCUT2D eigenvalue weighted by atomic mass is 10.0. The summed E-state index contributed by atoms with van der Waals surface area (Å²) in [4.78, 5) is 14.5. The monoisotopic (exact) mass is 422 g/mol. The normalized spacial score (nSPS) is 23.7. The first kappa shape index (κ1) is 22.2. The Morgan fingerprint density at radius 3 is 2.66 bits per heavy atom. The van der Waals surface area contributed by atoms with Crippen molar-refractivity contribution in [1.29, 1.82) is 0 Å². The second-order valence-corrected chi connectivity index (χ2v) is 10.5. The third kappa shape index (κ3) is 5.58. The molecule has 2 fully saturated rings. The van der Waals surface area contributed by atoms with Crippen LogP contribution < -0.4 is 10.2 Å². The molecule has 6 nitrogen and oxygen atoms in total. The number of likely N-dealkylation sites (tertiary alicyclic amines) is 1. The van der Waals surface area contributed by atoms with Crippen LogP contribution in [0.25, 0.3) is 0 Å². The molecule has 162 valence electrons. The summed E-state index contributed by atoms with van der Waals surface area (Å²) < 4.78 is 27.6. The van der Waals surface area contributed by atoms with Crippen molar-refractivity contribution in [1.82, 2.24) is 9.62 Å². The SMILES string of the molecule is Cc1ccc(C(=O)NCCC[NH+]2CCCC[C@@H]2C)cc1S(=O)(=O)N1CCCCC1. The number of hydrogen-bond acceptors (Lipinski definition) is 3. The van der Waals surface area contributed by atoms with Gasteiger partial charge in [0.15, 0.2) is 0 Å². The van der Waals surface area contributed by atoms with Crippen molar-refractivity contribution in [2.75, 3.05) is 32.7 Å². The molecule has 2 saturated heterocycles. The van der Waals surface area contributed by atoms with Crippen molar-refractivity contribution in [3.63, 3.8) is 0 Å². The number of sulfonamides is 1. The van der Waals surface area contributed by atoms with Crippen LogP contribution in [0.1, 0.15) is 67.8 Å². The van der Waals surface area contributed by atoms with Crippen LogP contribution in [0, 0.1) is 6.92 Å². The average molecular weight is 423 g/mol. The largest absolute Gasteiger partial charge is 0.352 e. The number of hydrogen-bond donors (Lipinski definition) is 2. The maximum Gasteiger partial charge on any atom is 0.251 e. The number of rotatable bonds is 7. The molecule has 2 aliphatic rings. The molecule has 0 aromatic heterocycles. The highest BCUT2D eigenvalue weighted by Crippen LogP contribution is 2.24. The molecule has 2 atom stereocenters. The van der Waals surface area contributed by atoms with Crippen molar-refractivity contribution < 1.29 is 18.1 Å². The van der Waals surface area contributed by atoms with Crippen molar-refractivity contribution in [2.24, 2.45) is 0 Å². The molecule has 7 heteroatoms. The maximum absolute atomic E-state index is 13.0. The summed E-state index contributed by atoms with van der Waals surface area (Å²) in [6, 6.07) is 5.72. The number of amides is 1. The zero-order valence-electron chi connectivity index (χ0n) is 17.9. The molecule has 0 bridgehead atoms. The first-order valence-corrected chi connectivity index (χ1v) is 12.6. The molecule has 29 heavy (non-hydrogen) atoms. The summed E-state index contributed by atoms with van der Waals surface area (Å²) in [6.45, 7) is 8.15. The van der Waals surface area contributed by atoms with Crippen molar-refractivity contribution in [2.45, 2.75) is 69.7 Å². The van der Waals surface area contributed by atoms with E-state index in [9.17, 15) is 13.2 Å². The van der Waals surface area contributed by atoms with Crippen LogP contribution in [0.15, 0.2) is 23.1 Å². The van der Waals surface area contributed by atoms with Crippen LogP contribution >= 0.6 is 0 Å². The number of piperidine rings is 2. The zero-order chi connectivity index (χ0) is 20.9. The van der Waals surface area contributed by atoms with Gasteiger partial charge in [-0.15, -0.1) is 0 Å². The quantitative estimate of drug-likeness (QED) is 0.658. The van der Waals surface area contributed by atoms with Gasteiger partial charge < -0.3 is 10.2 Å². The molecule has 3 rings (SSSR count). The second kappa shape index (κ2) is 10.0. The minimum atomic E-state index is -3.54. The van der Waals surface area contributed by atoms with Crippen molar-refractivity contribution in [3.8, 4) is 0 Å². The highest BCUT2D eigenvalue weighted by atomic mass is 32.2. The standard InChI is InChI=1S/C22H35N3O3S/c1-18-10-11-20(17-21(18)29(27,28)25-15-5-3-6-16-25)22(26)23-12-8-14-24-13-7-4-9-19(24)2/h10-11,17,19H,3-9,12-16H2,1-2H3,(H,23,26)/p+1/t19-/m0/s1. The average Bonchev–Trinajstić information content (AvgIpc) is 2.73. The predicted molar refractivity (Wildman–Crippen MR) is 115 cm³/mol. The van der Waals surface area contributed by atoms with E-state index in [1.165, 1.54) is 25.8 Å². The molecule has 0 radical (unpaired) electrons. The minimum absolute atomic E-state index is 0.193. The molecule has 1 aromatic rings. The fourth-order valence-corrected chi connectivity index (χ4v) is 6.28. The highest BCUT2D eigenvalue weighted by molar-refractivity contribution is 7.89. The first-order chi connectivity index (χ1) is 13.9. The highest BCUT2D eigenvalue weighted by Gasteiger charge is 2.28. The topological polar surface area (TPSA) is 70.9 Å². The van der Waals surface area contributed by atoms with Crippen LogP contribution in [0.4, 0.5) is 0 Å². The van der Waals surface area contributed by atoms with Crippen molar-refractivity contribution in [3.05, 3.63) is 29.3 Å². The Morgan fingerprint density at radius 1 is 1.17 bits per heavy atom. The molecule has 2 N–H and O–H groups in total. The summed E-state index contributed by atoms with van der Waals surface area (Å²) >= 11 is 0. The van der Waals surface area contributed by atoms with Crippen LogP contribution in [-0.2, 0) is 10.0 Å². The molecule has 0 saturated carbocycles. The van der Waals surface area contributed by atoms with E-state index in [2.05, 4.69) is 12.2 Å². The third-order valence-corrected chi connectivity index (χ3v) is 8.47. The van der Waals surface area contributed by atoms with Gasteiger partial charge in [0.1, 0.15) is 0 Å². The number of nitrogens with one attached hydrogen (secondary N) is 2. The van der Waals surface area contributed by atoms with Gasteiger partial charge in [-0.3, -0.25) is 4.79 Å². The number of carbonyl (C=O) groups is 1. The maximum atomic E-state index is 13.0. The van der Waals surface area contributed by atoms with E-state index < -0.39 is 10.0 Å². The van der Waals surface area contributed by atoms with Gasteiger partial charge in [0, 0.05) is 31.6 Å². The van der Waals surface area contributed by atoms with E-state index in [0.29, 0.717) is 36.8 Å². The predicted octanol–water partition coefficient (Wildman–Crippen LogP) is 1.75. The summed E-state index contributed by atoms with van der Waals surface area (Å²) in [5.41, 5.74) is 1.11. The van der Waals surface area contributed by atoms with Gasteiger partial charge in [0.05, 0.1) is 24.0 Å². The van der Waals surface area contributed by atoms with E-state index in [-0.39, 0.29) is 10.8 Å². The zero-order valence-corrected chi connectivity index (χ0v) is 18.7. The van der Waals surface area contributed by atoms with Crippen LogP contribution in [0.5, 0.6) is 0 Å². The summed E-state index contributed by atoms with van der Waals surface area (Å²) in [5.74, 6) is -0.193. The van der Waals surface area contributed by atoms with E-state index in [4.69, 9.17) is 0 Å². The second-order valence-electron chi connectivity index (χ2n) is 8.61. The molecule has 0 spiro atoms. The van der Waals surface area contributed by atoms with Gasteiger partial charge >= 0.3 is 0 Å². The van der Waals surface area contributed by atoms with Gasteiger partial charge in [-0.2, -0.15) is 4.31 Å². The Labute approximate surface area is 175 Å². The van der Waals surface area contributed by atoms with Gasteiger partial charge in [-0.05, 0) is 63.6 Å². The van der Waals surface area contributed by atoms with Crippen molar-refractivity contribution >= 4 is 15.9 Å². The summed E-state index contributed by atoms with van der Waals surface area (Å²) in [5, 5.41) is 2.97. The van der Waals surface area contributed by atoms with Gasteiger partial charge in [0.2, 0.25) is 10.0 Å². The smallest absolute Gasteiger partial charge is 0.251 e.